The molecule has 0 aliphatic carbocycles. The fraction of sp³-hybridized carbons (Fsp3) is 0.690. The van der Waals surface area contributed by atoms with E-state index in [1.165, 1.54) is 33.4 Å². The van der Waals surface area contributed by atoms with Crippen LogP contribution in [0.25, 0.3) is 0 Å². The Balaban J connectivity index is 1.73. The summed E-state index contributed by atoms with van der Waals surface area (Å²) in [4.78, 5) is 14.6. The van der Waals surface area contributed by atoms with Gasteiger partial charge < -0.3 is 14.2 Å². The summed E-state index contributed by atoms with van der Waals surface area (Å²) < 4.78 is 18.1. The Hall–Kier alpha value is -2.37. The second-order valence-electron chi connectivity index (χ2n) is 11.7. The van der Waals surface area contributed by atoms with Gasteiger partial charge in [-0.1, -0.05) is 27.7 Å². The lowest BCUT2D eigenvalue weighted by Crippen LogP contribution is -2.17. The highest BCUT2D eigenvalue weighted by Crippen LogP contribution is 2.32. The average molecular weight is 482 g/mol. The minimum absolute atomic E-state index is 0.163. The van der Waals surface area contributed by atoms with E-state index in [1.54, 1.807) is 0 Å². The van der Waals surface area contributed by atoms with Gasteiger partial charge in [0.1, 0.15) is 19.8 Å². The summed E-state index contributed by atoms with van der Waals surface area (Å²) in [5, 5.41) is 0. The van der Waals surface area contributed by atoms with E-state index in [0.717, 1.165) is 17.7 Å². The monoisotopic (exact) mass is 481 g/mol. The van der Waals surface area contributed by atoms with Gasteiger partial charge >= 0.3 is 0 Å². The first-order chi connectivity index (χ1) is 16.4. The second kappa shape index (κ2) is 9.94. The third-order valence-electron chi connectivity index (χ3n) is 7.72. The van der Waals surface area contributed by atoms with Crippen LogP contribution in [0.4, 0.5) is 0 Å². The zero-order chi connectivity index (χ0) is 25.5. The molecule has 0 fully saturated rings. The van der Waals surface area contributed by atoms with Crippen LogP contribution in [0.5, 0.6) is 0 Å². The van der Waals surface area contributed by atoms with Gasteiger partial charge in [-0.15, -0.1) is 0 Å². The molecule has 0 N–H and O–H groups in total. The highest BCUT2D eigenvalue weighted by atomic mass is 16.5. The molecule has 192 valence electrons. The lowest BCUT2D eigenvalue weighted by Gasteiger charge is -2.22. The van der Waals surface area contributed by atoms with Gasteiger partial charge in [0.15, 0.2) is 17.7 Å². The molecule has 0 amide bonds. The number of rotatable bonds is 8. The van der Waals surface area contributed by atoms with Crippen LogP contribution >= 0.6 is 0 Å². The molecule has 0 saturated heterocycles. The molecule has 3 heterocycles. The van der Waals surface area contributed by atoms with Gasteiger partial charge in [-0.25, -0.2) is 15.0 Å². The van der Waals surface area contributed by atoms with E-state index in [-0.39, 0.29) is 17.6 Å². The molecule has 0 bridgehead atoms. The Morgan fingerprint density at radius 3 is 1.40 bits per heavy atom. The van der Waals surface area contributed by atoms with E-state index in [4.69, 9.17) is 29.2 Å². The predicted octanol–water partition coefficient (Wildman–Crippen LogP) is 5.35. The van der Waals surface area contributed by atoms with Crippen molar-refractivity contribution in [3.05, 3.63) is 33.4 Å². The maximum absolute atomic E-state index is 6.04. The molecule has 1 aromatic carbocycles. The summed E-state index contributed by atoms with van der Waals surface area (Å²) in [6.45, 7) is 21.7. The molecule has 6 heteroatoms. The van der Waals surface area contributed by atoms with E-state index in [9.17, 15) is 0 Å². The second-order valence-corrected chi connectivity index (χ2v) is 11.7. The Labute approximate surface area is 211 Å². The predicted molar refractivity (Wildman–Crippen MR) is 143 cm³/mol. The van der Waals surface area contributed by atoms with Crippen molar-refractivity contribution in [1.29, 1.82) is 0 Å². The number of ether oxygens (including phenoxy) is 3. The first kappa shape index (κ1) is 25.7. The summed E-state index contributed by atoms with van der Waals surface area (Å²) in [5.74, 6) is 3.48. The van der Waals surface area contributed by atoms with Crippen LogP contribution in [0, 0.1) is 32.6 Å². The van der Waals surface area contributed by atoms with Crippen LogP contribution in [0.2, 0.25) is 0 Å². The van der Waals surface area contributed by atoms with Gasteiger partial charge in [0.25, 0.3) is 0 Å². The average Bonchev–Trinajstić information content (AvgIpc) is 3.52. The maximum Gasteiger partial charge on any atom is 0.188 e. The first-order valence-electron chi connectivity index (χ1n) is 13.2. The minimum atomic E-state index is -0.163. The number of nitrogens with zero attached hydrogens (tertiary/aromatic N) is 3. The number of benzene rings is 1. The molecule has 3 aliphatic rings. The standard InChI is InChI=1S/C29H43N3O3/c1-16(2)24-13-33-26(30-24)10-21-18(5)22(11-27-31-25(14-34-27)17(3)4)20(7)23(19(21)6)12-28-32-29(8,9)15-35-28/h16-17,24-25H,10-15H2,1-9H3/t24-,25-/m1/s1. The third kappa shape index (κ3) is 5.57. The molecule has 4 rings (SSSR count). The topological polar surface area (TPSA) is 64.8 Å². The summed E-state index contributed by atoms with van der Waals surface area (Å²) in [6.07, 6.45) is 2.12. The van der Waals surface area contributed by atoms with E-state index in [2.05, 4.69) is 62.3 Å². The van der Waals surface area contributed by atoms with Crippen molar-refractivity contribution in [3.8, 4) is 0 Å². The summed E-state index contributed by atoms with van der Waals surface area (Å²) in [7, 11) is 0. The molecular formula is C29H43N3O3. The Bertz CT molecular complexity index is 1000. The molecule has 0 spiro atoms. The molecule has 3 aliphatic heterocycles. The van der Waals surface area contributed by atoms with Gasteiger partial charge in [-0.2, -0.15) is 0 Å². The van der Waals surface area contributed by atoms with Crippen molar-refractivity contribution in [2.45, 2.75) is 99.2 Å². The molecule has 0 unspecified atom stereocenters. The van der Waals surface area contributed by atoms with Crippen molar-refractivity contribution in [3.63, 3.8) is 0 Å². The lowest BCUT2D eigenvalue weighted by molar-refractivity contribution is 0.275. The van der Waals surface area contributed by atoms with Crippen LogP contribution in [-0.2, 0) is 33.5 Å². The third-order valence-corrected chi connectivity index (χ3v) is 7.72. The molecule has 35 heavy (non-hydrogen) atoms. The van der Waals surface area contributed by atoms with Gasteiger partial charge in [-0.3, -0.25) is 0 Å². The van der Waals surface area contributed by atoms with E-state index in [0.29, 0.717) is 50.9 Å². The van der Waals surface area contributed by atoms with Crippen molar-refractivity contribution in [2.24, 2.45) is 26.8 Å². The number of hydrogen-bond acceptors (Lipinski definition) is 6. The van der Waals surface area contributed by atoms with Gasteiger partial charge in [0.05, 0.1) is 17.6 Å². The van der Waals surface area contributed by atoms with Crippen LogP contribution in [-0.4, -0.2) is 55.1 Å². The lowest BCUT2D eigenvalue weighted by atomic mass is 9.84. The Kier molecular flexibility index (Phi) is 7.31. The summed E-state index contributed by atoms with van der Waals surface area (Å²) >= 11 is 0. The Morgan fingerprint density at radius 2 is 1.09 bits per heavy atom. The highest BCUT2D eigenvalue weighted by molar-refractivity contribution is 5.85. The smallest absolute Gasteiger partial charge is 0.188 e. The van der Waals surface area contributed by atoms with Gasteiger partial charge in [0.2, 0.25) is 0 Å². The minimum Gasteiger partial charge on any atom is -0.478 e. The first-order valence-corrected chi connectivity index (χ1v) is 13.2. The summed E-state index contributed by atoms with van der Waals surface area (Å²) in [5.41, 5.74) is 7.57. The molecular weight excluding hydrogens is 438 g/mol. The van der Waals surface area contributed by atoms with Crippen molar-refractivity contribution in [1.82, 2.24) is 0 Å². The molecule has 1 aromatic rings. The van der Waals surface area contributed by atoms with Crippen LogP contribution in [0.15, 0.2) is 15.0 Å². The van der Waals surface area contributed by atoms with E-state index in [1.807, 2.05) is 0 Å². The van der Waals surface area contributed by atoms with E-state index >= 15 is 0 Å². The highest BCUT2D eigenvalue weighted by Gasteiger charge is 2.30. The zero-order valence-corrected chi connectivity index (χ0v) is 23.1. The van der Waals surface area contributed by atoms with Crippen LogP contribution in [0.1, 0.15) is 74.9 Å². The zero-order valence-electron chi connectivity index (χ0n) is 23.1. The van der Waals surface area contributed by atoms with Crippen LogP contribution in [0.3, 0.4) is 0 Å². The molecule has 2 atom stereocenters. The number of aliphatic imine (C=N–C) groups is 3. The number of hydrogen-bond donors (Lipinski definition) is 0. The molecule has 0 aromatic heterocycles. The molecule has 0 saturated carbocycles. The van der Waals surface area contributed by atoms with Gasteiger partial charge in [-0.05, 0) is 79.8 Å². The van der Waals surface area contributed by atoms with Crippen molar-refractivity contribution in [2.75, 3.05) is 19.8 Å². The SMILES string of the molecule is Cc1c(CC2=N[C@@H](C(C)C)CO2)c(C)c(CC2=NC(C)(C)CO2)c(C)c1CC1=N[C@@H](C(C)C)CO1. The van der Waals surface area contributed by atoms with E-state index < -0.39 is 0 Å². The molecule has 6 nitrogen and oxygen atoms in total. The largest absolute Gasteiger partial charge is 0.478 e. The van der Waals surface area contributed by atoms with Crippen molar-refractivity contribution >= 4 is 17.7 Å². The molecule has 0 radical (unpaired) electrons. The quantitative estimate of drug-likeness (QED) is 0.502. The Morgan fingerprint density at radius 1 is 0.686 bits per heavy atom. The fourth-order valence-corrected chi connectivity index (χ4v) is 5.15. The maximum atomic E-state index is 6.04. The summed E-state index contributed by atoms with van der Waals surface area (Å²) in [6, 6.07) is 0.486. The normalized spacial score (nSPS) is 23.2. The fourth-order valence-electron chi connectivity index (χ4n) is 5.15. The van der Waals surface area contributed by atoms with Gasteiger partial charge in [0, 0.05) is 19.3 Å². The van der Waals surface area contributed by atoms with Crippen LogP contribution < -0.4 is 0 Å². The van der Waals surface area contributed by atoms with Crippen molar-refractivity contribution < 1.29 is 14.2 Å².